The molecule has 2 aromatic carbocycles. The Balaban J connectivity index is 2.18. The lowest BCUT2D eigenvalue weighted by atomic mass is 10.2. The fourth-order valence-corrected chi connectivity index (χ4v) is 2.16. The molecule has 2 aromatic rings. The molecule has 0 spiro atoms. The topological polar surface area (TPSA) is 35.2 Å². The fraction of sp³-hybridized carbons (Fsp3) is 0.143. The first-order valence-corrected chi connectivity index (χ1v) is 6.35. The zero-order valence-electron chi connectivity index (χ0n) is 9.70. The van der Waals surface area contributed by atoms with Crippen molar-refractivity contribution in [2.75, 3.05) is 0 Å². The highest BCUT2D eigenvalue weighted by atomic mass is 79.9. The molecule has 4 heteroatoms. The van der Waals surface area contributed by atoms with Crippen LogP contribution in [-0.2, 0) is 13.2 Å². The minimum absolute atomic E-state index is 0.183. The van der Waals surface area contributed by atoms with Crippen molar-refractivity contribution in [3.63, 3.8) is 0 Å². The van der Waals surface area contributed by atoms with Gasteiger partial charge in [0.05, 0.1) is 4.47 Å². The molecule has 0 atom stereocenters. The van der Waals surface area contributed by atoms with Crippen molar-refractivity contribution in [3.05, 3.63) is 63.9 Å². The van der Waals surface area contributed by atoms with Gasteiger partial charge in [0.25, 0.3) is 0 Å². The van der Waals surface area contributed by atoms with Gasteiger partial charge in [-0.15, -0.1) is 0 Å². The summed E-state index contributed by atoms with van der Waals surface area (Å²) in [6.45, 7) is 0.564. The van der Waals surface area contributed by atoms with Gasteiger partial charge < -0.3 is 10.5 Å². The Kier molecular flexibility index (Phi) is 4.33. The Labute approximate surface area is 114 Å². The molecule has 0 aliphatic carbocycles. The van der Waals surface area contributed by atoms with E-state index in [2.05, 4.69) is 15.9 Å². The minimum atomic E-state index is -0.265. The monoisotopic (exact) mass is 309 g/mol. The molecule has 18 heavy (non-hydrogen) atoms. The lowest BCUT2D eigenvalue weighted by molar-refractivity contribution is 0.295. The molecule has 0 saturated heterocycles. The van der Waals surface area contributed by atoms with Crippen molar-refractivity contribution in [1.82, 2.24) is 0 Å². The van der Waals surface area contributed by atoms with Crippen molar-refractivity contribution in [2.45, 2.75) is 13.2 Å². The van der Waals surface area contributed by atoms with E-state index in [9.17, 15) is 4.39 Å². The van der Waals surface area contributed by atoms with Crippen LogP contribution in [0.3, 0.4) is 0 Å². The van der Waals surface area contributed by atoms with Gasteiger partial charge in [-0.05, 0) is 28.1 Å². The van der Waals surface area contributed by atoms with Crippen molar-refractivity contribution in [3.8, 4) is 5.75 Å². The van der Waals surface area contributed by atoms with E-state index in [4.69, 9.17) is 10.5 Å². The predicted molar refractivity (Wildman–Crippen MR) is 72.8 cm³/mol. The lowest BCUT2D eigenvalue weighted by Gasteiger charge is -2.12. The molecule has 2 N–H and O–H groups in total. The number of hydrogen-bond donors (Lipinski definition) is 1. The Bertz CT molecular complexity index is 545. The average Bonchev–Trinajstić information content (AvgIpc) is 2.39. The van der Waals surface area contributed by atoms with Crippen molar-refractivity contribution < 1.29 is 9.13 Å². The SMILES string of the molecule is NCc1cccc(Br)c1OCc1ccccc1F. The van der Waals surface area contributed by atoms with Crippen LogP contribution in [0, 0.1) is 5.82 Å². The second-order valence-electron chi connectivity index (χ2n) is 3.81. The van der Waals surface area contributed by atoms with E-state index < -0.39 is 0 Å². The van der Waals surface area contributed by atoms with E-state index in [1.807, 2.05) is 18.2 Å². The molecule has 2 rings (SSSR count). The largest absolute Gasteiger partial charge is 0.487 e. The highest BCUT2D eigenvalue weighted by Gasteiger charge is 2.08. The van der Waals surface area contributed by atoms with Gasteiger partial charge in [-0.25, -0.2) is 4.39 Å². The summed E-state index contributed by atoms with van der Waals surface area (Å²) in [4.78, 5) is 0. The van der Waals surface area contributed by atoms with E-state index in [-0.39, 0.29) is 12.4 Å². The van der Waals surface area contributed by atoms with Crippen LogP contribution in [0.25, 0.3) is 0 Å². The van der Waals surface area contributed by atoms with Gasteiger partial charge in [0.15, 0.2) is 0 Å². The Morgan fingerprint density at radius 3 is 2.50 bits per heavy atom. The van der Waals surface area contributed by atoms with Crippen LogP contribution in [0.5, 0.6) is 5.75 Å². The van der Waals surface area contributed by atoms with Crippen LogP contribution < -0.4 is 10.5 Å². The smallest absolute Gasteiger partial charge is 0.138 e. The number of rotatable bonds is 4. The molecule has 2 nitrogen and oxygen atoms in total. The molecule has 0 unspecified atom stereocenters. The van der Waals surface area contributed by atoms with Crippen LogP contribution in [0.15, 0.2) is 46.9 Å². The van der Waals surface area contributed by atoms with E-state index >= 15 is 0 Å². The van der Waals surface area contributed by atoms with Gasteiger partial charge in [-0.2, -0.15) is 0 Å². The number of halogens is 2. The second-order valence-corrected chi connectivity index (χ2v) is 4.67. The quantitative estimate of drug-likeness (QED) is 0.936. The average molecular weight is 310 g/mol. The third-order valence-electron chi connectivity index (χ3n) is 2.60. The number of para-hydroxylation sites is 1. The number of benzene rings is 2. The van der Waals surface area contributed by atoms with Crippen LogP contribution in [0.4, 0.5) is 4.39 Å². The van der Waals surface area contributed by atoms with Gasteiger partial charge in [0, 0.05) is 17.7 Å². The van der Waals surface area contributed by atoms with E-state index in [1.54, 1.807) is 18.2 Å². The van der Waals surface area contributed by atoms with Crippen LogP contribution in [0.1, 0.15) is 11.1 Å². The first-order valence-electron chi connectivity index (χ1n) is 5.56. The Morgan fingerprint density at radius 1 is 1.06 bits per heavy atom. The van der Waals surface area contributed by atoms with Crippen molar-refractivity contribution in [2.24, 2.45) is 5.73 Å². The molecule has 0 bridgehead atoms. The number of ether oxygens (including phenoxy) is 1. The Morgan fingerprint density at radius 2 is 1.78 bits per heavy atom. The second kappa shape index (κ2) is 5.98. The molecular weight excluding hydrogens is 297 g/mol. The molecule has 94 valence electrons. The first kappa shape index (κ1) is 13.1. The summed E-state index contributed by atoms with van der Waals surface area (Å²) in [6, 6.07) is 12.2. The molecule has 0 saturated carbocycles. The molecule has 0 aliphatic rings. The van der Waals surface area contributed by atoms with Crippen molar-refractivity contribution >= 4 is 15.9 Å². The molecule has 0 fully saturated rings. The molecule has 0 aromatic heterocycles. The summed E-state index contributed by atoms with van der Waals surface area (Å²) in [5.41, 5.74) is 7.06. The molecule has 0 amide bonds. The maximum absolute atomic E-state index is 13.5. The zero-order valence-corrected chi connectivity index (χ0v) is 11.3. The van der Waals surface area contributed by atoms with E-state index in [0.29, 0.717) is 17.9 Å². The summed E-state index contributed by atoms with van der Waals surface area (Å²) < 4.78 is 19.9. The highest BCUT2D eigenvalue weighted by Crippen LogP contribution is 2.29. The normalized spacial score (nSPS) is 10.4. The Hall–Kier alpha value is -1.39. The standard InChI is InChI=1S/C14H13BrFNO/c15-12-6-3-5-10(8-17)14(12)18-9-11-4-1-2-7-13(11)16/h1-7H,8-9,17H2. The lowest BCUT2D eigenvalue weighted by Crippen LogP contribution is -2.04. The summed E-state index contributed by atoms with van der Waals surface area (Å²) >= 11 is 3.41. The zero-order chi connectivity index (χ0) is 13.0. The molecule has 0 heterocycles. The molecule has 0 radical (unpaired) electrons. The third-order valence-corrected chi connectivity index (χ3v) is 3.22. The van der Waals surface area contributed by atoms with E-state index in [0.717, 1.165) is 10.0 Å². The maximum atomic E-state index is 13.5. The molecular formula is C14H13BrFNO. The summed E-state index contributed by atoms with van der Waals surface area (Å²) in [5, 5.41) is 0. The summed E-state index contributed by atoms with van der Waals surface area (Å²) in [6.07, 6.45) is 0. The fourth-order valence-electron chi connectivity index (χ4n) is 1.64. The first-order chi connectivity index (χ1) is 8.72. The van der Waals surface area contributed by atoms with Gasteiger partial charge >= 0.3 is 0 Å². The highest BCUT2D eigenvalue weighted by molar-refractivity contribution is 9.10. The maximum Gasteiger partial charge on any atom is 0.138 e. The van der Waals surface area contributed by atoms with Crippen LogP contribution in [0.2, 0.25) is 0 Å². The van der Waals surface area contributed by atoms with Gasteiger partial charge in [0.1, 0.15) is 18.2 Å². The number of nitrogens with two attached hydrogens (primary N) is 1. The van der Waals surface area contributed by atoms with Crippen molar-refractivity contribution in [1.29, 1.82) is 0 Å². The molecule has 0 aliphatic heterocycles. The van der Waals surface area contributed by atoms with Crippen LogP contribution in [-0.4, -0.2) is 0 Å². The van der Waals surface area contributed by atoms with Gasteiger partial charge in [-0.3, -0.25) is 0 Å². The predicted octanol–water partition coefficient (Wildman–Crippen LogP) is 3.63. The van der Waals surface area contributed by atoms with Gasteiger partial charge in [-0.1, -0.05) is 30.3 Å². The minimum Gasteiger partial charge on any atom is -0.487 e. The summed E-state index contributed by atoms with van der Waals surface area (Å²) in [5.74, 6) is 0.405. The summed E-state index contributed by atoms with van der Waals surface area (Å²) in [7, 11) is 0. The van der Waals surface area contributed by atoms with E-state index in [1.165, 1.54) is 6.07 Å². The number of hydrogen-bond acceptors (Lipinski definition) is 2. The van der Waals surface area contributed by atoms with Crippen LogP contribution >= 0.6 is 15.9 Å². The third kappa shape index (κ3) is 2.89. The van der Waals surface area contributed by atoms with Gasteiger partial charge in [0.2, 0.25) is 0 Å².